The molecule has 1 aromatic rings. The summed E-state index contributed by atoms with van der Waals surface area (Å²) >= 11 is 0. The lowest BCUT2D eigenvalue weighted by Gasteiger charge is -2.23. The van der Waals surface area contributed by atoms with Crippen molar-refractivity contribution < 1.29 is 13.9 Å². The molecule has 0 radical (unpaired) electrons. The fourth-order valence-electron chi connectivity index (χ4n) is 1.85. The minimum absolute atomic E-state index is 0.191. The van der Waals surface area contributed by atoms with Crippen molar-refractivity contribution in [2.45, 2.75) is 12.5 Å². The first kappa shape index (κ1) is 17.0. The maximum absolute atomic E-state index is 12.8. The summed E-state index contributed by atoms with van der Waals surface area (Å²) in [6, 6.07) is 2.83. The minimum atomic E-state index is -0.345. The molecular weight excluding hydrogens is 261 g/mol. The molecule has 2 N–H and O–H groups in total. The molecule has 0 aliphatic heterocycles. The van der Waals surface area contributed by atoms with Crippen LogP contribution in [-0.4, -0.2) is 57.0 Å². The van der Waals surface area contributed by atoms with E-state index in [0.717, 1.165) is 26.1 Å². The van der Waals surface area contributed by atoms with E-state index in [1.165, 1.54) is 12.3 Å². The van der Waals surface area contributed by atoms with Crippen LogP contribution in [0.15, 0.2) is 18.3 Å². The highest BCUT2D eigenvalue weighted by molar-refractivity contribution is 5.09. The number of aromatic nitrogens is 1. The smallest absolute Gasteiger partial charge is 0.141 e. The van der Waals surface area contributed by atoms with Crippen LogP contribution in [-0.2, 0) is 9.47 Å². The molecule has 1 unspecified atom stereocenters. The van der Waals surface area contributed by atoms with Gasteiger partial charge >= 0.3 is 0 Å². The van der Waals surface area contributed by atoms with Crippen LogP contribution < -0.4 is 5.73 Å². The third-order valence-corrected chi connectivity index (χ3v) is 3.11. The lowest BCUT2D eigenvalue weighted by atomic mass is 10.1. The standard InChI is InChI=1S/C14H24FN3O2/c1-19-9-7-18(8-10-20-2)6-5-13(16)14-4-3-12(15)11-17-14/h3-4,11,13H,5-10,16H2,1-2H3. The molecule has 20 heavy (non-hydrogen) atoms. The molecule has 1 aromatic heterocycles. The van der Waals surface area contributed by atoms with E-state index >= 15 is 0 Å². The van der Waals surface area contributed by atoms with E-state index in [4.69, 9.17) is 15.2 Å². The molecule has 0 spiro atoms. The van der Waals surface area contributed by atoms with Crippen molar-refractivity contribution in [3.8, 4) is 0 Å². The summed E-state index contributed by atoms with van der Waals surface area (Å²) in [7, 11) is 3.37. The third kappa shape index (κ3) is 6.38. The summed E-state index contributed by atoms with van der Waals surface area (Å²) in [5.74, 6) is -0.345. The number of nitrogens with zero attached hydrogens (tertiary/aromatic N) is 2. The van der Waals surface area contributed by atoms with E-state index < -0.39 is 0 Å². The number of halogens is 1. The second-order valence-corrected chi connectivity index (χ2v) is 4.62. The second-order valence-electron chi connectivity index (χ2n) is 4.62. The Morgan fingerprint density at radius 2 is 1.85 bits per heavy atom. The zero-order valence-corrected chi connectivity index (χ0v) is 12.2. The second kappa shape index (κ2) is 9.77. The van der Waals surface area contributed by atoms with Crippen LogP contribution in [0.3, 0.4) is 0 Å². The lowest BCUT2D eigenvalue weighted by Crippen LogP contribution is -2.33. The Bertz CT molecular complexity index is 354. The predicted molar refractivity (Wildman–Crippen MR) is 75.9 cm³/mol. The van der Waals surface area contributed by atoms with Gasteiger partial charge in [0.2, 0.25) is 0 Å². The largest absolute Gasteiger partial charge is 0.383 e. The molecule has 6 heteroatoms. The Labute approximate surface area is 119 Å². The van der Waals surface area contributed by atoms with Gasteiger partial charge in [-0.05, 0) is 18.6 Å². The topological polar surface area (TPSA) is 60.6 Å². The van der Waals surface area contributed by atoms with Crippen LogP contribution in [0.1, 0.15) is 18.2 Å². The van der Waals surface area contributed by atoms with Crippen molar-refractivity contribution >= 4 is 0 Å². The van der Waals surface area contributed by atoms with Gasteiger partial charge in [-0.15, -0.1) is 0 Å². The first-order chi connectivity index (χ1) is 9.67. The van der Waals surface area contributed by atoms with Crippen LogP contribution in [0.4, 0.5) is 4.39 Å². The number of nitrogens with two attached hydrogens (primary N) is 1. The highest BCUT2D eigenvalue weighted by Crippen LogP contribution is 2.12. The number of hydrogen-bond donors (Lipinski definition) is 1. The van der Waals surface area contributed by atoms with Gasteiger partial charge in [-0.2, -0.15) is 0 Å². The van der Waals surface area contributed by atoms with E-state index in [-0.39, 0.29) is 11.9 Å². The molecule has 114 valence electrons. The summed E-state index contributed by atoms with van der Waals surface area (Å²) in [6.45, 7) is 3.85. The first-order valence-electron chi connectivity index (χ1n) is 6.74. The quantitative estimate of drug-likeness (QED) is 0.700. The molecule has 0 fully saturated rings. The molecule has 1 atom stereocenters. The Hall–Kier alpha value is -1.08. The Balaban J connectivity index is 2.41. The van der Waals surface area contributed by atoms with Gasteiger partial charge in [-0.3, -0.25) is 9.88 Å². The van der Waals surface area contributed by atoms with Crippen LogP contribution in [0.2, 0.25) is 0 Å². The van der Waals surface area contributed by atoms with Gasteiger partial charge in [0.25, 0.3) is 0 Å². The molecule has 0 amide bonds. The van der Waals surface area contributed by atoms with Crippen molar-refractivity contribution in [2.24, 2.45) is 5.73 Å². The molecule has 0 aliphatic carbocycles. The molecular formula is C14H24FN3O2. The van der Waals surface area contributed by atoms with E-state index in [2.05, 4.69) is 9.88 Å². The number of rotatable bonds is 10. The summed E-state index contributed by atoms with van der Waals surface area (Å²) in [5, 5.41) is 0. The Morgan fingerprint density at radius 1 is 1.20 bits per heavy atom. The Kier molecular flexibility index (Phi) is 8.29. The fourth-order valence-corrected chi connectivity index (χ4v) is 1.85. The zero-order valence-electron chi connectivity index (χ0n) is 12.2. The molecule has 1 heterocycles. The molecule has 0 aromatic carbocycles. The molecule has 1 rings (SSSR count). The summed E-state index contributed by atoms with van der Waals surface area (Å²) in [6.07, 6.45) is 1.95. The van der Waals surface area contributed by atoms with Gasteiger partial charge in [-0.25, -0.2) is 4.39 Å². The molecule has 0 bridgehead atoms. The van der Waals surface area contributed by atoms with E-state index in [0.29, 0.717) is 18.9 Å². The monoisotopic (exact) mass is 285 g/mol. The highest BCUT2D eigenvalue weighted by Gasteiger charge is 2.11. The SMILES string of the molecule is COCCN(CCOC)CCC(N)c1ccc(F)cn1. The van der Waals surface area contributed by atoms with Gasteiger partial charge in [0.1, 0.15) is 5.82 Å². The number of ether oxygens (including phenoxy) is 2. The summed E-state index contributed by atoms with van der Waals surface area (Å²) in [5.41, 5.74) is 6.79. The van der Waals surface area contributed by atoms with Gasteiger partial charge in [0.05, 0.1) is 25.1 Å². The van der Waals surface area contributed by atoms with Gasteiger partial charge in [0.15, 0.2) is 0 Å². The first-order valence-corrected chi connectivity index (χ1v) is 6.74. The van der Waals surface area contributed by atoms with Crippen molar-refractivity contribution in [1.29, 1.82) is 0 Å². The lowest BCUT2D eigenvalue weighted by molar-refractivity contribution is 0.112. The fraction of sp³-hybridized carbons (Fsp3) is 0.643. The summed E-state index contributed by atoms with van der Waals surface area (Å²) in [4.78, 5) is 6.25. The van der Waals surface area contributed by atoms with Gasteiger partial charge < -0.3 is 15.2 Å². The Morgan fingerprint density at radius 3 is 2.35 bits per heavy atom. The van der Waals surface area contributed by atoms with Crippen molar-refractivity contribution in [2.75, 3.05) is 47.1 Å². The number of hydrogen-bond acceptors (Lipinski definition) is 5. The van der Waals surface area contributed by atoms with Gasteiger partial charge in [-0.1, -0.05) is 0 Å². The van der Waals surface area contributed by atoms with E-state index in [9.17, 15) is 4.39 Å². The van der Waals surface area contributed by atoms with E-state index in [1.807, 2.05) is 0 Å². The number of methoxy groups -OCH3 is 2. The van der Waals surface area contributed by atoms with E-state index in [1.54, 1.807) is 20.3 Å². The maximum atomic E-state index is 12.8. The summed E-state index contributed by atoms with van der Waals surface area (Å²) < 4.78 is 23.0. The normalized spacial score (nSPS) is 12.8. The van der Waals surface area contributed by atoms with Crippen LogP contribution in [0.25, 0.3) is 0 Å². The van der Waals surface area contributed by atoms with Gasteiger partial charge in [0, 0.05) is 39.9 Å². The molecule has 0 saturated carbocycles. The molecule has 0 saturated heterocycles. The van der Waals surface area contributed by atoms with Crippen molar-refractivity contribution in [1.82, 2.24) is 9.88 Å². The zero-order chi connectivity index (χ0) is 14.8. The van der Waals surface area contributed by atoms with Crippen LogP contribution >= 0.6 is 0 Å². The maximum Gasteiger partial charge on any atom is 0.141 e. The average molecular weight is 285 g/mol. The van der Waals surface area contributed by atoms with Crippen LogP contribution in [0.5, 0.6) is 0 Å². The minimum Gasteiger partial charge on any atom is -0.383 e. The average Bonchev–Trinajstić information content (AvgIpc) is 2.47. The van der Waals surface area contributed by atoms with Crippen molar-refractivity contribution in [3.05, 3.63) is 29.8 Å². The van der Waals surface area contributed by atoms with Crippen LogP contribution in [0, 0.1) is 5.82 Å². The molecule has 5 nitrogen and oxygen atoms in total. The molecule has 0 aliphatic rings. The predicted octanol–water partition coefficient (Wildman–Crippen LogP) is 1.21. The highest BCUT2D eigenvalue weighted by atomic mass is 19.1. The van der Waals surface area contributed by atoms with Crippen molar-refractivity contribution in [3.63, 3.8) is 0 Å². The number of pyridine rings is 1. The third-order valence-electron chi connectivity index (χ3n) is 3.11.